The van der Waals surface area contributed by atoms with E-state index in [2.05, 4.69) is 11.1 Å². The highest BCUT2D eigenvalue weighted by molar-refractivity contribution is 6.00. The minimum Gasteiger partial charge on any atom is -0.481 e. The van der Waals surface area contributed by atoms with E-state index in [0.29, 0.717) is 22.7 Å². The molecule has 1 aliphatic heterocycles. The first-order valence-electron chi connectivity index (χ1n) is 8.43. The van der Waals surface area contributed by atoms with E-state index in [-0.39, 0.29) is 18.9 Å². The van der Waals surface area contributed by atoms with Gasteiger partial charge in [-0.15, -0.1) is 0 Å². The van der Waals surface area contributed by atoms with Gasteiger partial charge in [-0.25, -0.2) is 4.98 Å². The zero-order valence-electron chi connectivity index (χ0n) is 14.5. The molecule has 1 aromatic heterocycles. The molecular formula is C20H18N2O4. The Morgan fingerprint density at radius 1 is 1.19 bits per heavy atom. The molecule has 2 heterocycles. The summed E-state index contributed by atoms with van der Waals surface area (Å²) in [7, 11) is 0. The Hall–Kier alpha value is -3.15. The number of amides is 1. The van der Waals surface area contributed by atoms with Crippen LogP contribution in [0.1, 0.15) is 17.5 Å². The van der Waals surface area contributed by atoms with E-state index in [1.54, 1.807) is 18.2 Å². The molecule has 0 saturated carbocycles. The van der Waals surface area contributed by atoms with E-state index >= 15 is 0 Å². The van der Waals surface area contributed by atoms with Gasteiger partial charge in [-0.3, -0.25) is 9.59 Å². The van der Waals surface area contributed by atoms with Crippen LogP contribution in [0.5, 0.6) is 0 Å². The molecule has 1 amide bonds. The van der Waals surface area contributed by atoms with Gasteiger partial charge in [-0.1, -0.05) is 17.2 Å². The first kappa shape index (κ1) is 16.3. The molecule has 3 aromatic rings. The Morgan fingerprint density at radius 3 is 2.58 bits per heavy atom. The maximum atomic E-state index is 12.1. The molecule has 1 saturated heterocycles. The quantitative estimate of drug-likeness (QED) is 0.781. The van der Waals surface area contributed by atoms with Crippen LogP contribution in [0, 0.1) is 19.8 Å². The molecule has 0 bridgehead atoms. The van der Waals surface area contributed by atoms with Crippen LogP contribution in [0.25, 0.3) is 22.6 Å². The van der Waals surface area contributed by atoms with E-state index in [9.17, 15) is 9.59 Å². The van der Waals surface area contributed by atoms with E-state index in [0.717, 1.165) is 16.7 Å². The molecule has 1 fully saturated rings. The Kier molecular flexibility index (Phi) is 3.76. The molecule has 26 heavy (non-hydrogen) atoms. The van der Waals surface area contributed by atoms with Gasteiger partial charge in [0, 0.05) is 24.2 Å². The van der Waals surface area contributed by atoms with Crippen molar-refractivity contribution in [3.8, 4) is 11.5 Å². The van der Waals surface area contributed by atoms with Crippen molar-refractivity contribution in [1.29, 1.82) is 0 Å². The van der Waals surface area contributed by atoms with Gasteiger partial charge < -0.3 is 14.4 Å². The first-order valence-corrected chi connectivity index (χ1v) is 8.43. The SMILES string of the molecule is Cc1cc(C)cc(-c2nc3cc(N4CC(C(=O)O)CC4=O)ccc3o2)c1. The van der Waals surface area contributed by atoms with Crippen molar-refractivity contribution in [1.82, 2.24) is 4.98 Å². The lowest BCUT2D eigenvalue weighted by molar-refractivity contribution is -0.141. The molecule has 1 aliphatic rings. The summed E-state index contributed by atoms with van der Waals surface area (Å²) in [6.45, 7) is 4.23. The number of aliphatic carboxylic acids is 1. The molecular weight excluding hydrogens is 332 g/mol. The lowest BCUT2D eigenvalue weighted by Crippen LogP contribution is -2.25. The summed E-state index contributed by atoms with van der Waals surface area (Å²) in [5.41, 5.74) is 5.08. The summed E-state index contributed by atoms with van der Waals surface area (Å²) < 4.78 is 5.86. The lowest BCUT2D eigenvalue weighted by Gasteiger charge is -2.15. The average Bonchev–Trinajstić information content (AvgIpc) is 3.16. The number of hydrogen-bond donors (Lipinski definition) is 1. The van der Waals surface area contributed by atoms with Crippen LogP contribution in [0.3, 0.4) is 0 Å². The minimum atomic E-state index is -0.944. The number of carboxylic acid groups (broad SMARTS) is 1. The maximum absolute atomic E-state index is 12.1. The molecule has 1 N–H and O–H groups in total. The number of aryl methyl sites for hydroxylation is 2. The van der Waals surface area contributed by atoms with E-state index in [1.807, 2.05) is 26.0 Å². The Balaban J connectivity index is 1.70. The normalized spacial score (nSPS) is 17.2. The minimum absolute atomic E-state index is 0.0278. The molecule has 0 spiro atoms. The monoisotopic (exact) mass is 350 g/mol. The van der Waals surface area contributed by atoms with Crippen LogP contribution >= 0.6 is 0 Å². The van der Waals surface area contributed by atoms with Crippen LogP contribution in [-0.4, -0.2) is 28.5 Å². The van der Waals surface area contributed by atoms with Crippen molar-refractivity contribution in [2.45, 2.75) is 20.3 Å². The first-order chi connectivity index (χ1) is 12.4. The second-order valence-electron chi connectivity index (χ2n) is 6.79. The summed E-state index contributed by atoms with van der Waals surface area (Å²) in [5, 5.41) is 9.14. The van der Waals surface area contributed by atoms with Gasteiger partial charge in [0.25, 0.3) is 0 Å². The highest BCUT2D eigenvalue weighted by Gasteiger charge is 2.35. The largest absolute Gasteiger partial charge is 0.481 e. The van der Waals surface area contributed by atoms with Crippen LogP contribution in [0.2, 0.25) is 0 Å². The number of carbonyl (C=O) groups is 2. The zero-order valence-corrected chi connectivity index (χ0v) is 14.5. The summed E-state index contributed by atoms with van der Waals surface area (Å²) in [4.78, 5) is 29.4. The van der Waals surface area contributed by atoms with Crippen LogP contribution in [-0.2, 0) is 9.59 Å². The van der Waals surface area contributed by atoms with Crippen LogP contribution < -0.4 is 4.90 Å². The van der Waals surface area contributed by atoms with Crippen molar-refractivity contribution >= 4 is 28.7 Å². The second kappa shape index (κ2) is 5.98. The molecule has 1 atom stereocenters. The fraction of sp³-hybridized carbons (Fsp3) is 0.250. The number of carboxylic acids is 1. The molecule has 132 valence electrons. The molecule has 2 aromatic carbocycles. The van der Waals surface area contributed by atoms with Gasteiger partial charge in [0.1, 0.15) is 5.52 Å². The third-order valence-corrected chi connectivity index (χ3v) is 4.63. The predicted octanol–water partition coefficient (Wildman–Crippen LogP) is 3.55. The Morgan fingerprint density at radius 2 is 1.92 bits per heavy atom. The van der Waals surface area contributed by atoms with Crippen LogP contribution in [0.4, 0.5) is 5.69 Å². The third kappa shape index (κ3) is 2.83. The molecule has 6 nitrogen and oxygen atoms in total. The Labute approximate surface area is 150 Å². The number of carbonyl (C=O) groups excluding carboxylic acids is 1. The highest BCUT2D eigenvalue weighted by atomic mass is 16.4. The van der Waals surface area contributed by atoms with Gasteiger partial charge in [0.05, 0.1) is 5.92 Å². The van der Waals surface area contributed by atoms with Crippen molar-refractivity contribution in [3.63, 3.8) is 0 Å². The van der Waals surface area contributed by atoms with Crippen molar-refractivity contribution in [2.75, 3.05) is 11.4 Å². The average molecular weight is 350 g/mol. The van der Waals surface area contributed by atoms with Gasteiger partial charge in [-0.2, -0.15) is 0 Å². The number of hydrogen-bond acceptors (Lipinski definition) is 4. The topological polar surface area (TPSA) is 83.6 Å². The molecule has 0 aliphatic carbocycles. The second-order valence-corrected chi connectivity index (χ2v) is 6.79. The summed E-state index contributed by atoms with van der Waals surface area (Å²) in [5.74, 6) is -1.27. The molecule has 1 unspecified atom stereocenters. The smallest absolute Gasteiger partial charge is 0.308 e. The van der Waals surface area contributed by atoms with Crippen LogP contribution in [0.15, 0.2) is 40.8 Å². The summed E-state index contributed by atoms with van der Waals surface area (Å²) in [6, 6.07) is 11.4. The van der Waals surface area contributed by atoms with Crippen molar-refractivity contribution in [2.24, 2.45) is 5.92 Å². The van der Waals surface area contributed by atoms with Gasteiger partial charge in [0.2, 0.25) is 11.8 Å². The number of aromatic nitrogens is 1. The number of fused-ring (bicyclic) bond motifs is 1. The zero-order chi connectivity index (χ0) is 18.4. The number of rotatable bonds is 3. The highest BCUT2D eigenvalue weighted by Crippen LogP contribution is 2.31. The number of benzene rings is 2. The lowest BCUT2D eigenvalue weighted by atomic mass is 10.1. The Bertz CT molecular complexity index is 1020. The fourth-order valence-electron chi connectivity index (χ4n) is 3.43. The number of anilines is 1. The third-order valence-electron chi connectivity index (χ3n) is 4.63. The summed E-state index contributed by atoms with van der Waals surface area (Å²) >= 11 is 0. The molecule has 0 radical (unpaired) electrons. The molecule has 6 heteroatoms. The van der Waals surface area contributed by atoms with E-state index in [1.165, 1.54) is 4.90 Å². The van der Waals surface area contributed by atoms with Gasteiger partial charge in [-0.05, 0) is 44.2 Å². The summed E-state index contributed by atoms with van der Waals surface area (Å²) in [6.07, 6.45) is 0.0278. The van der Waals surface area contributed by atoms with E-state index < -0.39 is 11.9 Å². The standard InChI is InChI=1S/C20H18N2O4/c1-11-5-12(2)7-13(6-11)19-21-16-9-15(3-4-17(16)26-19)22-10-14(20(24)25)8-18(22)23/h3-7,9,14H,8,10H2,1-2H3,(H,24,25). The van der Waals surface area contributed by atoms with Crippen molar-refractivity contribution < 1.29 is 19.1 Å². The fourth-order valence-corrected chi connectivity index (χ4v) is 3.43. The number of oxazole rings is 1. The van der Waals surface area contributed by atoms with Gasteiger partial charge in [0.15, 0.2) is 5.58 Å². The van der Waals surface area contributed by atoms with E-state index in [4.69, 9.17) is 9.52 Å². The molecule has 4 rings (SSSR count). The predicted molar refractivity (Wildman–Crippen MR) is 97.0 cm³/mol. The van der Waals surface area contributed by atoms with Gasteiger partial charge >= 0.3 is 5.97 Å². The number of nitrogens with zero attached hydrogens (tertiary/aromatic N) is 2. The maximum Gasteiger partial charge on any atom is 0.308 e. The van der Waals surface area contributed by atoms with Crippen molar-refractivity contribution in [3.05, 3.63) is 47.5 Å².